The van der Waals surface area contributed by atoms with Crippen molar-refractivity contribution in [3.8, 4) is 0 Å². The van der Waals surface area contributed by atoms with E-state index >= 15 is 0 Å². The summed E-state index contributed by atoms with van der Waals surface area (Å²) in [7, 11) is 0. The van der Waals surface area contributed by atoms with Gasteiger partial charge in [0.05, 0.1) is 12.1 Å². The van der Waals surface area contributed by atoms with Crippen molar-refractivity contribution >= 4 is 38.9 Å². The summed E-state index contributed by atoms with van der Waals surface area (Å²) < 4.78 is 3.14. The Kier molecular flexibility index (Phi) is 6.00. The van der Waals surface area contributed by atoms with Crippen molar-refractivity contribution in [2.75, 3.05) is 19.6 Å². The summed E-state index contributed by atoms with van der Waals surface area (Å²) in [6.07, 6.45) is 1.87. The van der Waals surface area contributed by atoms with E-state index in [2.05, 4.69) is 62.6 Å². The number of fused-ring (bicyclic) bond motifs is 1. The van der Waals surface area contributed by atoms with Crippen LogP contribution in [0.5, 0.6) is 0 Å². The molecule has 0 aliphatic rings. The maximum atomic E-state index is 4.75. The van der Waals surface area contributed by atoms with E-state index in [0.717, 1.165) is 52.9 Å². The summed E-state index contributed by atoms with van der Waals surface area (Å²) in [5.41, 5.74) is 2.20. The van der Waals surface area contributed by atoms with Crippen molar-refractivity contribution in [1.29, 1.82) is 0 Å². The molecule has 3 aromatic rings. The fourth-order valence-corrected chi connectivity index (χ4v) is 3.10. The molecule has 0 spiro atoms. The average Bonchev–Trinajstić information content (AvgIpc) is 3.00. The van der Waals surface area contributed by atoms with Gasteiger partial charge in [-0.05, 0) is 42.9 Å². The summed E-state index contributed by atoms with van der Waals surface area (Å²) in [5, 5.41) is 5.84. The number of halogens is 1. The monoisotopic (exact) mass is 398 g/mol. The molecule has 0 amide bonds. The molecular formula is C20H23BrN4. The van der Waals surface area contributed by atoms with Crippen molar-refractivity contribution in [1.82, 2.24) is 14.7 Å². The van der Waals surface area contributed by atoms with Gasteiger partial charge in [-0.2, -0.15) is 5.10 Å². The number of rotatable bonds is 7. The minimum absolute atomic E-state index is 0.776. The lowest BCUT2D eigenvalue weighted by Crippen LogP contribution is -2.27. The summed E-state index contributed by atoms with van der Waals surface area (Å²) >= 11 is 3.45. The van der Waals surface area contributed by atoms with Gasteiger partial charge in [0.2, 0.25) is 0 Å². The number of benzene rings is 2. The van der Waals surface area contributed by atoms with E-state index in [1.807, 2.05) is 36.5 Å². The molecular weight excluding hydrogens is 376 g/mol. The molecule has 3 rings (SSSR count). The highest BCUT2D eigenvalue weighted by Gasteiger charge is 2.09. The molecule has 0 N–H and O–H groups in total. The zero-order chi connectivity index (χ0) is 17.6. The van der Waals surface area contributed by atoms with Gasteiger partial charge in [-0.1, -0.05) is 54.0 Å². The SMILES string of the molecule is CCN(CC)CCn1nc(N=Cc2ccc(Br)cc2)c2ccccc21. The molecule has 4 nitrogen and oxygen atoms in total. The van der Waals surface area contributed by atoms with Crippen LogP contribution < -0.4 is 0 Å². The van der Waals surface area contributed by atoms with E-state index in [4.69, 9.17) is 5.10 Å². The molecule has 5 heteroatoms. The summed E-state index contributed by atoms with van der Waals surface area (Å²) in [5.74, 6) is 0.776. The Morgan fingerprint density at radius 2 is 1.80 bits per heavy atom. The van der Waals surface area contributed by atoms with E-state index in [1.54, 1.807) is 0 Å². The molecule has 25 heavy (non-hydrogen) atoms. The second kappa shape index (κ2) is 8.41. The lowest BCUT2D eigenvalue weighted by molar-refractivity contribution is 0.287. The maximum Gasteiger partial charge on any atom is 0.181 e. The first-order valence-electron chi connectivity index (χ1n) is 8.68. The van der Waals surface area contributed by atoms with E-state index < -0.39 is 0 Å². The van der Waals surface area contributed by atoms with Crippen molar-refractivity contribution in [2.45, 2.75) is 20.4 Å². The number of hydrogen-bond donors (Lipinski definition) is 0. The normalized spacial score (nSPS) is 11.8. The molecule has 2 aromatic carbocycles. The van der Waals surface area contributed by atoms with Crippen LogP contribution in [-0.4, -0.2) is 40.5 Å². The van der Waals surface area contributed by atoms with E-state index in [9.17, 15) is 0 Å². The Hall–Kier alpha value is -1.98. The lowest BCUT2D eigenvalue weighted by atomic mass is 10.2. The molecule has 0 unspecified atom stereocenters. The fraction of sp³-hybridized carbons (Fsp3) is 0.300. The third kappa shape index (κ3) is 4.35. The predicted molar refractivity (Wildman–Crippen MR) is 109 cm³/mol. The second-order valence-electron chi connectivity index (χ2n) is 5.90. The first-order valence-corrected chi connectivity index (χ1v) is 9.48. The smallest absolute Gasteiger partial charge is 0.181 e. The Morgan fingerprint density at radius 1 is 1.08 bits per heavy atom. The number of aliphatic imine (C=N–C) groups is 1. The van der Waals surface area contributed by atoms with Crippen LogP contribution in [0.2, 0.25) is 0 Å². The first-order chi connectivity index (χ1) is 12.2. The van der Waals surface area contributed by atoms with E-state index in [1.165, 1.54) is 0 Å². The quantitative estimate of drug-likeness (QED) is 0.530. The van der Waals surface area contributed by atoms with Gasteiger partial charge in [0.1, 0.15) is 0 Å². The Labute approximate surface area is 157 Å². The van der Waals surface area contributed by atoms with Gasteiger partial charge in [0.25, 0.3) is 0 Å². The van der Waals surface area contributed by atoms with E-state index in [0.29, 0.717) is 0 Å². The van der Waals surface area contributed by atoms with Gasteiger partial charge in [0.15, 0.2) is 5.82 Å². The summed E-state index contributed by atoms with van der Waals surface area (Å²) in [6.45, 7) is 8.37. The van der Waals surface area contributed by atoms with Gasteiger partial charge in [-0.3, -0.25) is 4.68 Å². The molecule has 0 fully saturated rings. The van der Waals surface area contributed by atoms with Crippen LogP contribution in [-0.2, 0) is 6.54 Å². The Balaban J connectivity index is 1.86. The summed E-state index contributed by atoms with van der Waals surface area (Å²) in [6, 6.07) is 16.4. The zero-order valence-electron chi connectivity index (χ0n) is 14.7. The van der Waals surface area contributed by atoms with Crippen molar-refractivity contribution < 1.29 is 0 Å². The van der Waals surface area contributed by atoms with Crippen LogP contribution in [0.25, 0.3) is 10.9 Å². The molecule has 130 valence electrons. The van der Waals surface area contributed by atoms with Crippen molar-refractivity contribution in [2.24, 2.45) is 4.99 Å². The van der Waals surface area contributed by atoms with Gasteiger partial charge >= 0.3 is 0 Å². The maximum absolute atomic E-state index is 4.75. The average molecular weight is 399 g/mol. The van der Waals surface area contributed by atoms with Crippen LogP contribution >= 0.6 is 15.9 Å². The molecule has 0 saturated carbocycles. The molecule has 1 heterocycles. The van der Waals surface area contributed by atoms with Crippen molar-refractivity contribution in [3.05, 3.63) is 58.6 Å². The highest BCUT2D eigenvalue weighted by atomic mass is 79.9. The van der Waals surface area contributed by atoms with Crippen LogP contribution in [0.3, 0.4) is 0 Å². The van der Waals surface area contributed by atoms with Gasteiger partial charge in [-0.15, -0.1) is 0 Å². The molecule has 0 radical (unpaired) electrons. The molecule has 0 aliphatic heterocycles. The van der Waals surface area contributed by atoms with Gasteiger partial charge in [-0.25, -0.2) is 4.99 Å². The number of likely N-dealkylation sites (N-methyl/N-ethyl adjacent to an activating group) is 1. The predicted octanol–water partition coefficient (Wildman–Crippen LogP) is 4.89. The standard InChI is InChI=1S/C20H23BrN4/c1-3-24(4-2)13-14-25-19-8-6-5-7-18(19)20(23-25)22-15-16-9-11-17(21)12-10-16/h5-12,15H,3-4,13-14H2,1-2H3. The second-order valence-corrected chi connectivity index (χ2v) is 6.82. The minimum atomic E-state index is 0.776. The topological polar surface area (TPSA) is 33.4 Å². The van der Waals surface area contributed by atoms with E-state index in [-0.39, 0.29) is 0 Å². The molecule has 0 saturated heterocycles. The highest BCUT2D eigenvalue weighted by molar-refractivity contribution is 9.10. The Morgan fingerprint density at radius 3 is 2.52 bits per heavy atom. The summed E-state index contributed by atoms with van der Waals surface area (Å²) in [4.78, 5) is 7.04. The molecule has 1 aromatic heterocycles. The number of aromatic nitrogens is 2. The third-order valence-corrected chi connectivity index (χ3v) is 4.90. The third-order valence-electron chi connectivity index (χ3n) is 4.37. The van der Waals surface area contributed by atoms with Gasteiger partial charge < -0.3 is 4.90 Å². The largest absolute Gasteiger partial charge is 0.302 e. The first kappa shape index (κ1) is 17.8. The van der Waals surface area contributed by atoms with Gasteiger partial charge in [0, 0.05) is 22.6 Å². The van der Waals surface area contributed by atoms with Crippen LogP contribution in [0.15, 0.2) is 58.0 Å². The van der Waals surface area contributed by atoms with Crippen LogP contribution in [0, 0.1) is 0 Å². The molecule has 0 bridgehead atoms. The molecule has 0 aliphatic carbocycles. The minimum Gasteiger partial charge on any atom is -0.302 e. The highest BCUT2D eigenvalue weighted by Crippen LogP contribution is 2.25. The number of nitrogens with zero attached hydrogens (tertiary/aromatic N) is 4. The Bertz CT molecular complexity index is 848. The van der Waals surface area contributed by atoms with Crippen molar-refractivity contribution in [3.63, 3.8) is 0 Å². The zero-order valence-corrected chi connectivity index (χ0v) is 16.3. The lowest BCUT2D eigenvalue weighted by Gasteiger charge is -2.17. The fourth-order valence-electron chi connectivity index (χ4n) is 2.84. The van der Waals surface area contributed by atoms with Crippen LogP contribution in [0.1, 0.15) is 19.4 Å². The van der Waals surface area contributed by atoms with Crippen LogP contribution in [0.4, 0.5) is 5.82 Å². The number of hydrogen-bond acceptors (Lipinski definition) is 3. The molecule has 0 atom stereocenters. The number of para-hydroxylation sites is 1.